The molecule has 2 aromatic carbocycles. The topological polar surface area (TPSA) is 130 Å². The van der Waals surface area contributed by atoms with Gasteiger partial charge in [0.25, 0.3) is 0 Å². The monoisotopic (exact) mass is 442 g/mol. The minimum atomic E-state index is -1.27. The first-order chi connectivity index (χ1) is 15.2. The van der Waals surface area contributed by atoms with Crippen LogP contribution in [0.2, 0.25) is 0 Å². The van der Waals surface area contributed by atoms with E-state index < -0.39 is 29.0 Å². The first kappa shape index (κ1) is 23.0. The third-order valence-electron chi connectivity index (χ3n) is 5.29. The van der Waals surface area contributed by atoms with Crippen LogP contribution in [0.4, 0.5) is 20.2 Å². The van der Waals surface area contributed by atoms with Crippen LogP contribution in [-0.4, -0.2) is 29.1 Å². The number of carboxylic acids is 1. The van der Waals surface area contributed by atoms with Gasteiger partial charge < -0.3 is 27.2 Å². The molecule has 0 bridgehead atoms. The summed E-state index contributed by atoms with van der Waals surface area (Å²) in [4.78, 5) is 24.0. The molecule has 0 radical (unpaired) electrons. The zero-order valence-electron chi connectivity index (χ0n) is 17.2. The lowest BCUT2D eigenvalue weighted by Crippen LogP contribution is -2.47. The molecule has 2 aromatic rings. The Morgan fingerprint density at radius 2 is 1.56 bits per heavy atom. The van der Waals surface area contributed by atoms with E-state index in [1.807, 2.05) is 0 Å². The van der Waals surface area contributed by atoms with Crippen molar-refractivity contribution >= 4 is 23.3 Å². The maximum atomic E-state index is 13.4. The van der Waals surface area contributed by atoms with Gasteiger partial charge in [-0.05, 0) is 74.0 Å². The number of nitrogens with two attached hydrogens (primary N) is 2. The molecule has 168 valence electrons. The van der Waals surface area contributed by atoms with Crippen molar-refractivity contribution in [3.63, 3.8) is 0 Å². The Balaban J connectivity index is 2.13. The van der Waals surface area contributed by atoms with Crippen LogP contribution < -0.4 is 22.1 Å². The van der Waals surface area contributed by atoms with Crippen LogP contribution >= 0.6 is 0 Å². The summed E-state index contributed by atoms with van der Waals surface area (Å²) in [6, 6.07) is 11.2. The summed E-state index contributed by atoms with van der Waals surface area (Å²) in [6.07, 6.45) is 2.23. The van der Waals surface area contributed by atoms with Crippen LogP contribution in [-0.2, 0) is 9.59 Å². The zero-order chi connectivity index (χ0) is 23.3. The van der Waals surface area contributed by atoms with Crippen LogP contribution in [0, 0.1) is 11.6 Å². The molecule has 7 N–H and O–H groups in total. The number of hydrogen-bond acceptors (Lipinski definition) is 5. The molecule has 3 rings (SSSR count). The molecule has 0 aliphatic heterocycles. The van der Waals surface area contributed by atoms with E-state index in [1.54, 1.807) is 0 Å². The molecule has 1 unspecified atom stereocenters. The molecule has 1 aliphatic carbocycles. The quantitative estimate of drug-likeness (QED) is 0.406. The lowest BCUT2D eigenvalue weighted by atomic mass is 9.76. The highest BCUT2D eigenvalue weighted by Gasteiger charge is 2.41. The van der Waals surface area contributed by atoms with Crippen molar-refractivity contribution in [2.24, 2.45) is 11.5 Å². The third kappa shape index (κ3) is 5.12. The van der Waals surface area contributed by atoms with E-state index in [-0.39, 0.29) is 17.6 Å². The summed E-state index contributed by atoms with van der Waals surface area (Å²) in [5.41, 5.74) is 11.4. The number of hydrogen-bond donors (Lipinski definition) is 5. The largest absolute Gasteiger partial charge is 0.478 e. The Hall–Kier alpha value is -3.72. The van der Waals surface area contributed by atoms with Crippen molar-refractivity contribution < 1.29 is 23.5 Å². The van der Waals surface area contributed by atoms with E-state index in [2.05, 4.69) is 10.6 Å². The average Bonchev–Trinajstić information content (AvgIpc) is 2.76. The van der Waals surface area contributed by atoms with Crippen LogP contribution in [0.15, 0.2) is 71.5 Å². The number of carboxylic acid groups (broad SMARTS) is 1. The van der Waals surface area contributed by atoms with Gasteiger partial charge in [-0.15, -0.1) is 0 Å². The highest BCUT2D eigenvalue weighted by atomic mass is 19.1. The van der Waals surface area contributed by atoms with Gasteiger partial charge in [0.2, 0.25) is 5.91 Å². The number of aliphatic carboxylic acids is 1. The van der Waals surface area contributed by atoms with Gasteiger partial charge in [-0.1, -0.05) is 0 Å². The fourth-order valence-electron chi connectivity index (χ4n) is 3.73. The number of halogens is 2. The van der Waals surface area contributed by atoms with Gasteiger partial charge >= 0.3 is 5.97 Å². The second-order valence-corrected chi connectivity index (χ2v) is 7.53. The molecule has 32 heavy (non-hydrogen) atoms. The molecule has 0 saturated heterocycles. The zero-order valence-corrected chi connectivity index (χ0v) is 17.2. The van der Waals surface area contributed by atoms with Gasteiger partial charge in [0.15, 0.2) is 0 Å². The summed E-state index contributed by atoms with van der Waals surface area (Å²) in [6.45, 7) is 0.339. The van der Waals surface area contributed by atoms with E-state index in [0.717, 1.165) is 0 Å². The van der Waals surface area contributed by atoms with Crippen molar-refractivity contribution in [2.75, 3.05) is 17.2 Å². The summed E-state index contributed by atoms with van der Waals surface area (Å²) >= 11 is 0. The molecule has 1 amide bonds. The highest BCUT2D eigenvalue weighted by Crippen LogP contribution is 2.40. The SMILES string of the molecule is NCCCC1(Nc2ccc(F)cc2)CC(C(=O)O)=C(C(N)=O)C=C1Nc1ccc(F)cc1. The van der Waals surface area contributed by atoms with Crippen molar-refractivity contribution in [1.82, 2.24) is 0 Å². The van der Waals surface area contributed by atoms with Gasteiger partial charge in [0, 0.05) is 23.5 Å². The highest BCUT2D eigenvalue weighted by molar-refractivity contribution is 6.04. The molecular formula is C23H24F2N4O3. The van der Waals surface area contributed by atoms with Gasteiger partial charge in [-0.25, -0.2) is 13.6 Å². The van der Waals surface area contributed by atoms with Gasteiger partial charge in [0.1, 0.15) is 11.6 Å². The summed E-state index contributed by atoms with van der Waals surface area (Å²) in [7, 11) is 0. The van der Waals surface area contributed by atoms with E-state index >= 15 is 0 Å². The molecule has 1 aliphatic rings. The molecule has 0 saturated carbocycles. The summed E-state index contributed by atoms with van der Waals surface area (Å²) in [5.74, 6) is -2.99. The van der Waals surface area contributed by atoms with Crippen LogP contribution in [0.25, 0.3) is 0 Å². The second-order valence-electron chi connectivity index (χ2n) is 7.53. The number of carbonyl (C=O) groups excluding carboxylic acids is 1. The number of benzene rings is 2. The Bertz CT molecular complexity index is 1070. The predicted octanol–water partition coefficient (Wildman–Crippen LogP) is 3.12. The predicted molar refractivity (Wildman–Crippen MR) is 118 cm³/mol. The van der Waals surface area contributed by atoms with E-state index in [1.165, 1.54) is 54.6 Å². The van der Waals surface area contributed by atoms with Crippen molar-refractivity contribution in [1.29, 1.82) is 0 Å². The number of carbonyl (C=O) groups is 2. The molecule has 1 atom stereocenters. The van der Waals surface area contributed by atoms with E-state index in [0.29, 0.717) is 36.5 Å². The molecular weight excluding hydrogens is 418 g/mol. The van der Waals surface area contributed by atoms with Crippen LogP contribution in [0.3, 0.4) is 0 Å². The normalized spacial score (nSPS) is 18.2. The van der Waals surface area contributed by atoms with Crippen molar-refractivity contribution in [3.8, 4) is 0 Å². The lowest BCUT2D eigenvalue weighted by Gasteiger charge is -2.41. The van der Waals surface area contributed by atoms with Gasteiger partial charge in [-0.2, -0.15) is 0 Å². The maximum Gasteiger partial charge on any atom is 0.332 e. The van der Waals surface area contributed by atoms with Crippen molar-refractivity contribution in [2.45, 2.75) is 24.8 Å². The molecule has 0 fully saturated rings. The fourth-order valence-corrected chi connectivity index (χ4v) is 3.73. The van der Waals surface area contributed by atoms with E-state index in [9.17, 15) is 23.5 Å². The molecule has 0 aromatic heterocycles. The minimum absolute atomic E-state index is 0.0853. The first-order valence-electron chi connectivity index (χ1n) is 9.99. The van der Waals surface area contributed by atoms with Gasteiger partial charge in [0.05, 0.1) is 16.7 Å². The Labute approximate surface area is 183 Å². The summed E-state index contributed by atoms with van der Waals surface area (Å²) in [5, 5.41) is 16.2. The minimum Gasteiger partial charge on any atom is -0.478 e. The summed E-state index contributed by atoms with van der Waals surface area (Å²) < 4.78 is 26.8. The number of primary amides is 1. The Kier molecular flexibility index (Phi) is 6.89. The lowest BCUT2D eigenvalue weighted by molar-refractivity contribution is -0.133. The first-order valence-corrected chi connectivity index (χ1v) is 9.99. The fraction of sp³-hybridized carbons (Fsp3) is 0.217. The van der Waals surface area contributed by atoms with Gasteiger partial charge in [-0.3, -0.25) is 4.79 Å². The smallest absolute Gasteiger partial charge is 0.332 e. The van der Waals surface area contributed by atoms with Crippen LogP contribution in [0.1, 0.15) is 19.3 Å². The number of anilines is 2. The Morgan fingerprint density at radius 3 is 2.06 bits per heavy atom. The number of amides is 1. The van der Waals surface area contributed by atoms with E-state index in [4.69, 9.17) is 11.5 Å². The molecule has 9 heteroatoms. The number of nitrogens with one attached hydrogen (secondary N) is 2. The van der Waals surface area contributed by atoms with Crippen molar-refractivity contribution in [3.05, 3.63) is 83.1 Å². The number of rotatable bonds is 9. The molecule has 7 nitrogen and oxygen atoms in total. The average molecular weight is 442 g/mol. The van der Waals surface area contributed by atoms with Crippen LogP contribution in [0.5, 0.6) is 0 Å². The third-order valence-corrected chi connectivity index (χ3v) is 5.29. The Morgan fingerprint density at radius 1 is 1.00 bits per heavy atom. The molecule has 0 heterocycles. The second kappa shape index (κ2) is 9.61. The standard InChI is InChI=1S/C23H24F2N4O3/c24-14-2-6-16(7-3-14)28-20-12-18(21(27)30)19(22(31)32)13-23(20,10-1-11-26)29-17-8-4-15(25)5-9-17/h2-9,12,28-29H,1,10-11,13,26H2,(H2,27,30)(H,31,32). The molecule has 0 spiro atoms. The maximum absolute atomic E-state index is 13.4.